The highest BCUT2D eigenvalue weighted by Crippen LogP contribution is 2.38. The van der Waals surface area contributed by atoms with Gasteiger partial charge >= 0.3 is 0 Å². The molecule has 0 bridgehead atoms. The van der Waals surface area contributed by atoms with Crippen molar-refractivity contribution in [1.29, 1.82) is 0 Å². The van der Waals surface area contributed by atoms with E-state index in [1.807, 2.05) is 36.9 Å². The van der Waals surface area contributed by atoms with Gasteiger partial charge in [-0.15, -0.1) is 0 Å². The van der Waals surface area contributed by atoms with Gasteiger partial charge in [0.2, 0.25) is 0 Å². The van der Waals surface area contributed by atoms with E-state index in [1.165, 1.54) is 0 Å². The van der Waals surface area contributed by atoms with Gasteiger partial charge in [-0.2, -0.15) is 0 Å². The van der Waals surface area contributed by atoms with E-state index >= 15 is 0 Å². The molecular weight excluding hydrogens is 374 g/mol. The number of hydrogen-bond acceptors (Lipinski definition) is 3. The average molecular weight is 396 g/mol. The Morgan fingerprint density at radius 1 is 0.862 bits per heavy atom. The Bertz CT molecular complexity index is 1040. The SMILES string of the molecule is Cc1ccc(C2=C(N3CCCCC3)C(=O)N(c3ccc(F)cc3F)C2=O)c(C)c1. The molecule has 0 saturated carbocycles. The molecular formula is C23H22F2N2O2. The van der Waals surface area contributed by atoms with Crippen LogP contribution in [0.3, 0.4) is 0 Å². The average Bonchev–Trinajstić information content (AvgIpc) is 2.93. The summed E-state index contributed by atoms with van der Waals surface area (Å²) in [7, 11) is 0. The lowest BCUT2D eigenvalue weighted by atomic mass is 9.97. The number of halogens is 2. The van der Waals surface area contributed by atoms with E-state index in [9.17, 15) is 18.4 Å². The summed E-state index contributed by atoms with van der Waals surface area (Å²) in [5.74, 6) is -2.83. The number of likely N-dealkylation sites (tertiary alicyclic amines) is 1. The Labute approximate surface area is 168 Å². The number of hydrogen-bond donors (Lipinski definition) is 0. The van der Waals surface area contributed by atoms with Crippen LogP contribution < -0.4 is 4.90 Å². The summed E-state index contributed by atoms with van der Waals surface area (Å²) in [6, 6.07) is 8.55. The second-order valence-corrected chi connectivity index (χ2v) is 7.63. The Hall–Kier alpha value is -3.02. The maximum Gasteiger partial charge on any atom is 0.282 e. The zero-order valence-corrected chi connectivity index (χ0v) is 16.5. The zero-order chi connectivity index (χ0) is 20.7. The first kappa shape index (κ1) is 19.3. The first-order valence-electron chi connectivity index (χ1n) is 9.79. The van der Waals surface area contributed by atoms with Gasteiger partial charge in [-0.3, -0.25) is 9.59 Å². The fraction of sp³-hybridized carbons (Fsp3) is 0.304. The molecule has 4 nitrogen and oxygen atoms in total. The smallest absolute Gasteiger partial charge is 0.282 e. The molecule has 0 unspecified atom stereocenters. The standard InChI is InChI=1S/C23H22F2N2O2/c1-14-6-8-17(15(2)12-14)20-21(26-10-4-3-5-11-26)23(29)27(22(20)28)19-9-7-16(24)13-18(19)25/h6-9,12-13H,3-5,10-11H2,1-2H3. The third-order valence-corrected chi connectivity index (χ3v) is 5.53. The third-order valence-electron chi connectivity index (χ3n) is 5.53. The van der Waals surface area contributed by atoms with Gasteiger partial charge in [0.1, 0.15) is 17.3 Å². The number of nitrogens with zero attached hydrogens (tertiary/aromatic N) is 2. The number of rotatable bonds is 3. The molecule has 0 spiro atoms. The highest BCUT2D eigenvalue weighted by atomic mass is 19.1. The molecule has 2 aromatic rings. The zero-order valence-electron chi connectivity index (χ0n) is 16.5. The molecule has 29 heavy (non-hydrogen) atoms. The van der Waals surface area contributed by atoms with Crippen LogP contribution in [0.4, 0.5) is 14.5 Å². The van der Waals surface area contributed by atoms with Crippen LogP contribution in [0.15, 0.2) is 42.1 Å². The minimum atomic E-state index is -0.938. The molecule has 1 saturated heterocycles. The molecule has 150 valence electrons. The number of carbonyl (C=O) groups excluding carboxylic acids is 2. The number of imide groups is 1. The Morgan fingerprint density at radius 2 is 1.59 bits per heavy atom. The van der Waals surface area contributed by atoms with Crippen LogP contribution in [0.2, 0.25) is 0 Å². The number of anilines is 1. The predicted molar refractivity (Wildman–Crippen MR) is 107 cm³/mol. The monoisotopic (exact) mass is 396 g/mol. The van der Waals surface area contributed by atoms with Gasteiger partial charge in [-0.05, 0) is 56.4 Å². The predicted octanol–water partition coefficient (Wildman–Crippen LogP) is 4.35. The van der Waals surface area contributed by atoms with Crippen molar-refractivity contribution in [2.24, 2.45) is 0 Å². The summed E-state index contributed by atoms with van der Waals surface area (Å²) in [6.45, 7) is 5.19. The van der Waals surface area contributed by atoms with Crippen molar-refractivity contribution in [2.75, 3.05) is 18.0 Å². The number of amides is 2. The number of carbonyl (C=O) groups is 2. The Morgan fingerprint density at radius 3 is 2.24 bits per heavy atom. The first-order valence-corrected chi connectivity index (χ1v) is 9.79. The summed E-state index contributed by atoms with van der Waals surface area (Å²) < 4.78 is 27.8. The van der Waals surface area contributed by atoms with Crippen molar-refractivity contribution in [1.82, 2.24) is 4.90 Å². The van der Waals surface area contributed by atoms with Gasteiger partial charge in [-0.25, -0.2) is 13.7 Å². The third kappa shape index (κ3) is 3.33. The molecule has 0 atom stereocenters. The van der Waals surface area contributed by atoms with Crippen molar-refractivity contribution in [2.45, 2.75) is 33.1 Å². The largest absolute Gasteiger partial charge is 0.366 e. The molecule has 2 amide bonds. The maximum absolute atomic E-state index is 14.5. The second-order valence-electron chi connectivity index (χ2n) is 7.63. The van der Waals surface area contributed by atoms with Gasteiger partial charge in [-0.1, -0.05) is 23.8 Å². The Balaban J connectivity index is 1.88. The minimum Gasteiger partial charge on any atom is -0.366 e. The second kappa shape index (κ2) is 7.43. The van der Waals surface area contributed by atoms with Crippen molar-refractivity contribution < 1.29 is 18.4 Å². The molecule has 1 fully saturated rings. The fourth-order valence-corrected chi connectivity index (χ4v) is 4.15. The van der Waals surface area contributed by atoms with Crippen molar-refractivity contribution >= 4 is 23.1 Å². The van der Waals surface area contributed by atoms with Crippen molar-refractivity contribution in [3.63, 3.8) is 0 Å². The first-order chi connectivity index (χ1) is 13.9. The molecule has 2 heterocycles. The maximum atomic E-state index is 14.5. The molecule has 0 aliphatic carbocycles. The van der Waals surface area contributed by atoms with E-state index in [-0.39, 0.29) is 11.3 Å². The van der Waals surface area contributed by atoms with Gasteiger partial charge in [0.15, 0.2) is 0 Å². The summed E-state index contributed by atoms with van der Waals surface area (Å²) in [4.78, 5) is 29.5. The molecule has 0 radical (unpaired) electrons. The highest BCUT2D eigenvalue weighted by Gasteiger charge is 2.44. The van der Waals surface area contributed by atoms with Crippen LogP contribution in [0.1, 0.15) is 36.0 Å². The summed E-state index contributed by atoms with van der Waals surface area (Å²) in [5.41, 5.74) is 2.96. The van der Waals surface area contributed by atoms with E-state index in [2.05, 4.69) is 0 Å². The Kier molecular flexibility index (Phi) is 4.94. The number of aryl methyl sites for hydroxylation is 2. The van der Waals surface area contributed by atoms with E-state index in [4.69, 9.17) is 0 Å². The van der Waals surface area contributed by atoms with Crippen LogP contribution in [-0.4, -0.2) is 29.8 Å². The van der Waals surface area contributed by atoms with Gasteiger partial charge in [0, 0.05) is 19.2 Å². The van der Waals surface area contributed by atoms with E-state index in [0.717, 1.165) is 47.4 Å². The van der Waals surface area contributed by atoms with Crippen LogP contribution in [-0.2, 0) is 9.59 Å². The minimum absolute atomic E-state index is 0.226. The van der Waals surface area contributed by atoms with E-state index < -0.39 is 23.4 Å². The van der Waals surface area contributed by atoms with Crippen LogP contribution in [0, 0.1) is 25.5 Å². The molecule has 2 aliphatic rings. The van der Waals surface area contributed by atoms with Crippen LogP contribution in [0.5, 0.6) is 0 Å². The summed E-state index contributed by atoms with van der Waals surface area (Å²) in [6.07, 6.45) is 2.92. The molecule has 2 aliphatic heterocycles. The molecule has 4 rings (SSSR count). The molecule has 0 N–H and O–H groups in total. The van der Waals surface area contributed by atoms with Crippen molar-refractivity contribution in [3.05, 3.63) is 70.4 Å². The normalized spacial score (nSPS) is 17.5. The highest BCUT2D eigenvalue weighted by molar-refractivity contribution is 6.45. The lowest BCUT2D eigenvalue weighted by Crippen LogP contribution is -2.37. The molecule has 6 heteroatoms. The fourth-order valence-electron chi connectivity index (χ4n) is 4.15. The molecule has 2 aromatic carbocycles. The molecule has 0 aromatic heterocycles. The van der Waals surface area contributed by atoms with Crippen LogP contribution in [0.25, 0.3) is 5.57 Å². The van der Waals surface area contributed by atoms with E-state index in [0.29, 0.717) is 30.4 Å². The van der Waals surface area contributed by atoms with Crippen LogP contribution >= 0.6 is 0 Å². The van der Waals surface area contributed by atoms with Gasteiger partial charge in [0.25, 0.3) is 11.8 Å². The summed E-state index contributed by atoms with van der Waals surface area (Å²) >= 11 is 0. The lowest BCUT2D eigenvalue weighted by Gasteiger charge is -2.29. The number of benzene rings is 2. The lowest BCUT2D eigenvalue weighted by molar-refractivity contribution is -0.120. The van der Waals surface area contributed by atoms with Gasteiger partial charge in [0.05, 0.1) is 11.3 Å². The van der Waals surface area contributed by atoms with Gasteiger partial charge < -0.3 is 4.90 Å². The summed E-state index contributed by atoms with van der Waals surface area (Å²) in [5, 5.41) is 0. The van der Waals surface area contributed by atoms with Crippen molar-refractivity contribution in [3.8, 4) is 0 Å². The topological polar surface area (TPSA) is 40.6 Å². The number of piperidine rings is 1. The quantitative estimate of drug-likeness (QED) is 0.724. The van der Waals surface area contributed by atoms with E-state index in [1.54, 1.807) is 0 Å².